The van der Waals surface area contributed by atoms with E-state index >= 15 is 0 Å². The lowest BCUT2D eigenvalue weighted by molar-refractivity contribution is -0.122. The molecule has 0 radical (unpaired) electrons. The van der Waals surface area contributed by atoms with Gasteiger partial charge in [-0.1, -0.05) is 60.7 Å². The van der Waals surface area contributed by atoms with Crippen LogP contribution in [0.5, 0.6) is 0 Å². The Morgan fingerprint density at radius 1 is 0.720 bits per heavy atom. The highest BCUT2D eigenvalue weighted by Crippen LogP contribution is 2.02. The molecule has 0 unspecified atom stereocenters. The zero-order valence-electron chi connectivity index (χ0n) is 13.8. The highest BCUT2D eigenvalue weighted by atomic mass is 32.1. The summed E-state index contributed by atoms with van der Waals surface area (Å²) >= 11 is 5.00. The fourth-order valence-corrected chi connectivity index (χ4v) is 2.38. The van der Waals surface area contributed by atoms with E-state index in [1.165, 1.54) is 0 Å². The van der Waals surface area contributed by atoms with Gasteiger partial charge in [-0.25, -0.2) is 0 Å². The second-order valence-corrected chi connectivity index (χ2v) is 5.93. The summed E-state index contributed by atoms with van der Waals surface area (Å²) in [6.45, 7) is 0. The Bertz CT molecular complexity index is 705. The maximum Gasteiger partial charge on any atom is 0.238 e. The van der Waals surface area contributed by atoms with Crippen molar-refractivity contribution in [1.82, 2.24) is 16.2 Å². The van der Waals surface area contributed by atoms with Crippen molar-refractivity contribution in [2.45, 2.75) is 25.7 Å². The third kappa shape index (κ3) is 7.58. The van der Waals surface area contributed by atoms with Crippen molar-refractivity contribution in [3.05, 3.63) is 71.8 Å². The highest BCUT2D eigenvalue weighted by Gasteiger charge is 2.06. The minimum Gasteiger partial charge on any atom is -0.302 e. The van der Waals surface area contributed by atoms with E-state index in [0.29, 0.717) is 25.7 Å². The average Bonchev–Trinajstić information content (AvgIpc) is 2.65. The molecule has 6 heteroatoms. The van der Waals surface area contributed by atoms with Crippen LogP contribution in [0, 0.1) is 0 Å². The molecule has 0 atom stereocenters. The summed E-state index contributed by atoms with van der Waals surface area (Å²) in [5.74, 6) is -0.385. The molecule has 0 saturated heterocycles. The molecule has 2 amide bonds. The van der Waals surface area contributed by atoms with E-state index in [1.54, 1.807) is 0 Å². The van der Waals surface area contributed by atoms with Crippen molar-refractivity contribution in [3.8, 4) is 0 Å². The monoisotopic (exact) mass is 355 g/mol. The van der Waals surface area contributed by atoms with Crippen molar-refractivity contribution in [2.24, 2.45) is 0 Å². The first kappa shape index (κ1) is 18.6. The molecule has 5 nitrogen and oxygen atoms in total. The molecule has 2 aromatic rings. The molecule has 2 aromatic carbocycles. The van der Waals surface area contributed by atoms with Crippen LogP contribution in [0.25, 0.3) is 0 Å². The smallest absolute Gasteiger partial charge is 0.238 e. The molecule has 0 saturated carbocycles. The molecule has 0 aliphatic rings. The van der Waals surface area contributed by atoms with Crippen LogP contribution in [0.2, 0.25) is 0 Å². The summed E-state index contributed by atoms with van der Waals surface area (Å²) in [5, 5.41) is 2.64. The van der Waals surface area contributed by atoms with E-state index in [0.717, 1.165) is 11.1 Å². The highest BCUT2D eigenvalue weighted by molar-refractivity contribution is 7.80. The van der Waals surface area contributed by atoms with Crippen molar-refractivity contribution >= 4 is 29.1 Å². The third-order valence-electron chi connectivity index (χ3n) is 3.54. The number of carbonyl (C=O) groups excluding carboxylic acids is 2. The van der Waals surface area contributed by atoms with Crippen LogP contribution < -0.4 is 16.2 Å². The molecule has 0 heterocycles. The van der Waals surface area contributed by atoms with E-state index in [1.807, 2.05) is 60.7 Å². The van der Waals surface area contributed by atoms with Gasteiger partial charge in [0.25, 0.3) is 0 Å². The summed E-state index contributed by atoms with van der Waals surface area (Å²) in [7, 11) is 0. The molecule has 0 bridgehead atoms. The Morgan fingerprint density at radius 3 is 1.72 bits per heavy atom. The normalized spacial score (nSPS) is 9.92. The van der Waals surface area contributed by atoms with E-state index in [9.17, 15) is 9.59 Å². The fraction of sp³-hybridized carbons (Fsp3) is 0.211. The average molecular weight is 355 g/mol. The topological polar surface area (TPSA) is 70.2 Å². The van der Waals surface area contributed by atoms with Crippen molar-refractivity contribution in [2.75, 3.05) is 0 Å². The van der Waals surface area contributed by atoms with Crippen LogP contribution >= 0.6 is 12.2 Å². The third-order valence-corrected chi connectivity index (χ3v) is 3.74. The quantitative estimate of drug-likeness (QED) is 0.549. The van der Waals surface area contributed by atoms with Crippen molar-refractivity contribution in [3.63, 3.8) is 0 Å². The van der Waals surface area contributed by atoms with Crippen LogP contribution in [-0.2, 0) is 22.4 Å². The van der Waals surface area contributed by atoms with Gasteiger partial charge < -0.3 is 5.32 Å². The number of amides is 2. The molecular weight excluding hydrogens is 334 g/mol. The zero-order chi connectivity index (χ0) is 17.9. The van der Waals surface area contributed by atoms with Gasteiger partial charge in [0.1, 0.15) is 0 Å². The molecule has 0 spiro atoms. The maximum absolute atomic E-state index is 11.8. The number of hydrogen-bond donors (Lipinski definition) is 3. The van der Waals surface area contributed by atoms with Gasteiger partial charge in [-0.2, -0.15) is 0 Å². The standard InChI is InChI=1S/C19H21N3O2S/c23-17(13-11-15-7-3-1-4-8-15)20-19(25)22-21-18(24)14-12-16-9-5-2-6-10-16/h1-10H,11-14H2,(H,21,24)(H2,20,22,23,25). The number of benzene rings is 2. The largest absolute Gasteiger partial charge is 0.302 e. The van der Waals surface area contributed by atoms with Gasteiger partial charge in [-0.15, -0.1) is 0 Å². The van der Waals surface area contributed by atoms with Gasteiger partial charge >= 0.3 is 0 Å². The molecule has 0 aliphatic heterocycles. The molecule has 2 rings (SSSR count). The predicted octanol–water partition coefficient (Wildman–Crippen LogP) is 2.27. The number of aryl methyl sites for hydroxylation is 2. The SMILES string of the molecule is O=C(CCc1ccccc1)NNC(=S)NC(=O)CCc1ccccc1. The fourth-order valence-electron chi connectivity index (χ4n) is 2.21. The molecule has 3 N–H and O–H groups in total. The predicted molar refractivity (Wildman–Crippen MR) is 102 cm³/mol. The van der Waals surface area contributed by atoms with E-state index in [2.05, 4.69) is 16.2 Å². The van der Waals surface area contributed by atoms with Gasteiger partial charge in [0.05, 0.1) is 0 Å². The first-order valence-electron chi connectivity index (χ1n) is 8.10. The summed E-state index contributed by atoms with van der Waals surface area (Å²) in [6, 6.07) is 19.5. The van der Waals surface area contributed by atoms with E-state index in [-0.39, 0.29) is 16.9 Å². The lowest BCUT2D eigenvalue weighted by Gasteiger charge is -2.11. The van der Waals surface area contributed by atoms with Gasteiger partial charge in [-0.3, -0.25) is 20.4 Å². The van der Waals surface area contributed by atoms with Crippen LogP contribution in [-0.4, -0.2) is 16.9 Å². The number of rotatable bonds is 6. The molecule has 0 aromatic heterocycles. The Kier molecular flexibility index (Phi) is 7.59. The lowest BCUT2D eigenvalue weighted by Crippen LogP contribution is -2.48. The van der Waals surface area contributed by atoms with Crippen LogP contribution in [0.4, 0.5) is 0 Å². The number of nitrogens with one attached hydrogen (secondary N) is 3. The number of thiocarbonyl (C=S) groups is 1. The van der Waals surface area contributed by atoms with E-state index in [4.69, 9.17) is 12.2 Å². The van der Waals surface area contributed by atoms with Crippen LogP contribution in [0.3, 0.4) is 0 Å². The van der Waals surface area contributed by atoms with E-state index < -0.39 is 0 Å². The van der Waals surface area contributed by atoms with Crippen molar-refractivity contribution < 1.29 is 9.59 Å². The maximum atomic E-state index is 11.8. The summed E-state index contributed by atoms with van der Waals surface area (Å²) in [5.41, 5.74) is 7.22. The molecule has 0 fully saturated rings. The summed E-state index contributed by atoms with van der Waals surface area (Å²) in [4.78, 5) is 23.6. The minimum atomic E-state index is -0.195. The number of carbonyl (C=O) groups is 2. The summed E-state index contributed by atoms with van der Waals surface area (Å²) in [6.07, 6.45) is 1.94. The molecular formula is C19H21N3O2S. The first-order valence-corrected chi connectivity index (χ1v) is 8.51. The molecule has 0 aliphatic carbocycles. The second kappa shape index (κ2) is 10.2. The van der Waals surface area contributed by atoms with Gasteiger partial charge in [0.2, 0.25) is 11.8 Å². The number of hydrazine groups is 1. The van der Waals surface area contributed by atoms with Gasteiger partial charge in [-0.05, 0) is 36.2 Å². The Labute approximate surface area is 152 Å². The second-order valence-electron chi connectivity index (χ2n) is 5.52. The Balaban J connectivity index is 1.61. The Morgan fingerprint density at radius 2 is 1.20 bits per heavy atom. The zero-order valence-corrected chi connectivity index (χ0v) is 14.6. The number of hydrogen-bond acceptors (Lipinski definition) is 3. The lowest BCUT2D eigenvalue weighted by atomic mass is 10.1. The molecule has 130 valence electrons. The Hall–Kier alpha value is -2.73. The first-order chi connectivity index (χ1) is 12.1. The minimum absolute atomic E-state index is 0.0890. The molecule has 25 heavy (non-hydrogen) atoms. The van der Waals surface area contributed by atoms with Crippen molar-refractivity contribution in [1.29, 1.82) is 0 Å². The van der Waals surface area contributed by atoms with Crippen LogP contribution in [0.1, 0.15) is 24.0 Å². The summed E-state index contributed by atoms with van der Waals surface area (Å²) < 4.78 is 0. The van der Waals surface area contributed by atoms with Gasteiger partial charge in [0.15, 0.2) is 5.11 Å². The van der Waals surface area contributed by atoms with Crippen LogP contribution in [0.15, 0.2) is 60.7 Å². The van der Waals surface area contributed by atoms with Gasteiger partial charge in [0, 0.05) is 12.8 Å².